The van der Waals surface area contributed by atoms with E-state index in [4.69, 9.17) is 9.84 Å². The maximum absolute atomic E-state index is 12.1. The van der Waals surface area contributed by atoms with Crippen molar-refractivity contribution in [1.82, 2.24) is 10.6 Å². The van der Waals surface area contributed by atoms with Crippen molar-refractivity contribution in [2.45, 2.75) is 31.2 Å². The summed E-state index contributed by atoms with van der Waals surface area (Å²) in [5, 5.41) is 14.3. The summed E-state index contributed by atoms with van der Waals surface area (Å²) in [6.07, 6.45) is 0.960. The second-order valence-electron chi connectivity index (χ2n) is 7.79. The molecule has 2 atom stereocenters. The fraction of sp³-hybridized carbons (Fsp3) is 0.348. The van der Waals surface area contributed by atoms with E-state index in [-0.39, 0.29) is 31.0 Å². The third kappa shape index (κ3) is 4.15. The molecule has 2 aromatic carbocycles. The summed E-state index contributed by atoms with van der Waals surface area (Å²) in [7, 11) is 0. The summed E-state index contributed by atoms with van der Waals surface area (Å²) in [5.74, 6) is -1.63. The third-order valence-corrected chi connectivity index (χ3v) is 5.88. The zero-order valence-corrected chi connectivity index (χ0v) is 16.5. The minimum atomic E-state index is -0.830. The average Bonchev–Trinajstić information content (AvgIpc) is 3.34. The van der Waals surface area contributed by atoms with E-state index in [1.807, 2.05) is 36.4 Å². The Morgan fingerprint density at radius 2 is 1.60 bits per heavy atom. The number of hydrogen-bond acceptors (Lipinski definition) is 4. The van der Waals surface area contributed by atoms with Gasteiger partial charge < -0.3 is 20.5 Å². The molecule has 0 heterocycles. The predicted octanol–water partition coefficient (Wildman–Crippen LogP) is 2.89. The van der Waals surface area contributed by atoms with Crippen LogP contribution in [0.4, 0.5) is 4.79 Å². The normalized spacial score (nSPS) is 19.6. The van der Waals surface area contributed by atoms with E-state index in [1.165, 1.54) is 0 Å². The third-order valence-electron chi connectivity index (χ3n) is 5.88. The van der Waals surface area contributed by atoms with Crippen LogP contribution in [0, 0.1) is 5.92 Å². The Morgan fingerprint density at radius 3 is 2.20 bits per heavy atom. The van der Waals surface area contributed by atoms with Crippen LogP contribution in [0.25, 0.3) is 11.1 Å². The van der Waals surface area contributed by atoms with Gasteiger partial charge in [-0.25, -0.2) is 4.79 Å². The van der Waals surface area contributed by atoms with Crippen molar-refractivity contribution < 1.29 is 24.2 Å². The van der Waals surface area contributed by atoms with Gasteiger partial charge in [-0.1, -0.05) is 48.5 Å². The molecule has 0 saturated heterocycles. The molecular weight excluding hydrogens is 384 g/mol. The Labute approximate surface area is 174 Å². The van der Waals surface area contributed by atoms with Gasteiger partial charge in [0, 0.05) is 12.0 Å². The van der Waals surface area contributed by atoms with Crippen molar-refractivity contribution >= 4 is 18.0 Å². The first-order valence-electron chi connectivity index (χ1n) is 10.1. The van der Waals surface area contributed by atoms with E-state index < -0.39 is 18.0 Å². The van der Waals surface area contributed by atoms with Crippen LogP contribution in [0.2, 0.25) is 0 Å². The lowest BCUT2D eigenvalue weighted by Gasteiger charge is -2.15. The number of rotatable bonds is 6. The van der Waals surface area contributed by atoms with Crippen molar-refractivity contribution in [1.29, 1.82) is 0 Å². The number of ether oxygens (including phenoxy) is 1. The van der Waals surface area contributed by atoms with Crippen LogP contribution in [0.3, 0.4) is 0 Å². The van der Waals surface area contributed by atoms with E-state index in [2.05, 4.69) is 22.8 Å². The molecule has 2 aliphatic rings. The molecule has 156 valence electrons. The molecule has 2 unspecified atom stereocenters. The fourth-order valence-corrected chi connectivity index (χ4v) is 4.42. The first-order chi connectivity index (χ1) is 14.5. The molecule has 0 aliphatic heterocycles. The van der Waals surface area contributed by atoms with Crippen molar-refractivity contribution in [3.05, 3.63) is 59.7 Å². The molecule has 2 amide bonds. The van der Waals surface area contributed by atoms with Crippen LogP contribution in [0.5, 0.6) is 0 Å². The lowest BCUT2D eigenvalue weighted by atomic mass is 9.98. The molecule has 30 heavy (non-hydrogen) atoms. The molecule has 7 nitrogen and oxygen atoms in total. The quantitative estimate of drug-likeness (QED) is 0.682. The standard InChI is InChI=1S/C23H24N2O5/c26-21(25-15-10-9-14(11-15)22(27)28)12-24-23(29)30-13-20-18-7-3-1-5-16(18)17-6-2-4-8-19(17)20/h1-8,14-15,20H,9-13H2,(H,24,29)(H,25,26)(H,27,28). The lowest BCUT2D eigenvalue weighted by molar-refractivity contribution is -0.141. The van der Waals surface area contributed by atoms with E-state index in [1.54, 1.807) is 0 Å². The number of fused-ring (bicyclic) bond motifs is 3. The van der Waals surface area contributed by atoms with Crippen molar-refractivity contribution in [3.8, 4) is 11.1 Å². The summed E-state index contributed by atoms with van der Waals surface area (Å²) in [5.41, 5.74) is 4.55. The molecule has 3 N–H and O–H groups in total. The van der Waals surface area contributed by atoms with Gasteiger partial charge in [0.25, 0.3) is 0 Å². The summed E-state index contributed by atoms with van der Waals surface area (Å²) >= 11 is 0. The number of amides is 2. The van der Waals surface area contributed by atoms with Gasteiger partial charge >= 0.3 is 12.1 Å². The molecule has 0 spiro atoms. The Balaban J connectivity index is 1.27. The van der Waals surface area contributed by atoms with Gasteiger partial charge in [0.15, 0.2) is 0 Å². The van der Waals surface area contributed by atoms with Gasteiger partial charge in [-0.15, -0.1) is 0 Å². The van der Waals surface area contributed by atoms with Crippen LogP contribution in [-0.4, -0.2) is 42.3 Å². The Kier molecular flexibility index (Phi) is 5.70. The zero-order chi connectivity index (χ0) is 21.1. The molecule has 1 fully saturated rings. The van der Waals surface area contributed by atoms with E-state index in [9.17, 15) is 14.4 Å². The van der Waals surface area contributed by atoms with Gasteiger partial charge in [-0.05, 0) is 41.5 Å². The number of carboxylic acid groups (broad SMARTS) is 1. The number of alkyl carbamates (subject to hydrolysis) is 1. The van der Waals surface area contributed by atoms with Crippen molar-refractivity contribution in [2.75, 3.05) is 13.2 Å². The highest BCUT2D eigenvalue weighted by Gasteiger charge is 2.31. The molecule has 2 aromatic rings. The monoisotopic (exact) mass is 408 g/mol. The fourth-order valence-electron chi connectivity index (χ4n) is 4.42. The maximum atomic E-state index is 12.1. The van der Waals surface area contributed by atoms with Crippen LogP contribution in [0.1, 0.15) is 36.3 Å². The first kappa shape index (κ1) is 19.9. The summed E-state index contributed by atoms with van der Waals surface area (Å²) in [6, 6.07) is 16.0. The molecular formula is C23H24N2O5. The lowest BCUT2D eigenvalue weighted by Crippen LogP contribution is -2.41. The number of carbonyl (C=O) groups is 3. The zero-order valence-electron chi connectivity index (χ0n) is 16.5. The van der Waals surface area contributed by atoms with E-state index >= 15 is 0 Å². The molecule has 7 heteroatoms. The Morgan fingerprint density at radius 1 is 0.967 bits per heavy atom. The minimum Gasteiger partial charge on any atom is -0.481 e. The number of nitrogens with one attached hydrogen (secondary N) is 2. The number of aliphatic carboxylic acids is 1. The minimum absolute atomic E-state index is 0.0385. The largest absolute Gasteiger partial charge is 0.481 e. The molecule has 0 bridgehead atoms. The van der Waals surface area contributed by atoms with E-state index in [0.29, 0.717) is 19.3 Å². The van der Waals surface area contributed by atoms with Crippen LogP contribution < -0.4 is 10.6 Å². The van der Waals surface area contributed by atoms with Crippen LogP contribution >= 0.6 is 0 Å². The van der Waals surface area contributed by atoms with Gasteiger partial charge in [-0.3, -0.25) is 9.59 Å². The van der Waals surface area contributed by atoms with Crippen LogP contribution in [0.15, 0.2) is 48.5 Å². The van der Waals surface area contributed by atoms with Gasteiger partial charge in [0.1, 0.15) is 13.2 Å². The Hall–Kier alpha value is -3.35. The average molecular weight is 408 g/mol. The summed E-state index contributed by atoms with van der Waals surface area (Å²) in [6.45, 7) is -0.0185. The second kappa shape index (κ2) is 8.57. The maximum Gasteiger partial charge on any atom is 0.407 e. The van der Waals surface area contributed by atoms with Gasteiger partial charge in [0.2, 0.25) is 5.91 Å². The highest BCUT2D eigenvalue weighted by molar-refractivity contribution is 5.83. The molecule has 0 aromatic heterocycles. The summed E-state index contributed by atoms with van der Waals surface area (Å²) in [4.78, 5) is 35.2. The Bertz CT molecular complexity index is 928. The molecule has 2 aliphatic carbocycles. The highest BCUT2D eigenvalue weighted by atomic mass is 16.5. The van der Waals surface area contributed by atoms with E-state index in [0.717, 1.165) is 22.3 Å². The topological polar surface area (TPSA) is 105 Å². The number of benzene rings is 2. The molecule has 1 saturated carbocycles. The second-order valence-corrected chi connectivity index (χ2v) is 7.79. The number of carbonyl (C=O) groups excluding carboxylic acids is 2. The first-order valence-corrected chi connectivity index (χ1v) is 10.1. The number of carboxylic acids is 1. The van der Waals surface area contributed by atoms with Crippen molar-refractivity contribution in [3.63, 3.8) is 0 Å². The summed E-state index contributed by atoms with van der Waals surface area (Å²) < 4.78 is 5.40. The predicted molar refractivity (Wildman–Crippen MR) is 110 cm³/mol. The molecule has 4 rings (SSSR count). The number of hydrogen-bond donors (Lipinski definition) is 3. The van der Waals surface area contributed by atoms with Crippen molar-refractivity contribution in [2.24, 2.45) is 5.92 Å². The highest BCUT2D eigenvalue weighted by Crippen LogP contribution is 2.44. The van der Waals surface area contributed by atoms with Gasteiger partial charge in [-0.2, -0.15) is 0 Å². The van der Waals surface area contributed by atoms with Gasteiger partial charge in [0.05, 0.1) is 5.92 Å². The van der Waals surface area contributed by atoms with Crippen LogP contribution in [-0.2, 0) is 14.3 Å². The molecule has 0 radical (unpaired) electrons. The smallest absolute Gasteiger partial charge is 0.407 e. The SMILES string of the molecule is O=C(CNC(=O)OCC1c2ccccc2-c2ccccc21)NC1CCC(C(=O)O)C1.